The third-order valence-electron chi connectivity index (χ3n) is 3.66. The summed E-state index contributed by atoms with van der Waals surface area (Å²) in [4.78, 5) is 18.4. The number of amides is 1. The number of ether oxygens (including phenoxy) is 1. The number of rotatable bonds is 4. The number of carbonyl (C=O) groups excluding carboxylic acids is 1. The Bertz CT molecular complexity index is 494. The normalized spacial score (nSPS) is 18.5. The highest BCUT2D eigenvalue weighted by Gasteiger charge is 2.31. The largest absolute Gasteiger partial charge is 0.444 e. The Balaban J connectivity index is 1.81. The van der Waals surface area contributed by atoms with Gasteiger partial charge >= 0.3 is 6.09 Å². The number of nitrogens with one attached hydrogen (secondary N) is 1. The molecule has 1 saturated heterocycles. The summed E-state index contributed by atoms with van der Waals surface area (Å²) < 4.78 is 5.48. The van der Waals surface area contributed by atoms with E-state index >= 15 is 0 Å². The van der Waals surface area contributed by atoms with E-state index < -0.39 is 5.60 Å². The van der Waals surface area contributed by atoms with Gasteiger partial charge in [0.05, 0.1) is 5.69 Å². The van der Waals surface area contributed by atoms with Crippen molar-refractivity contribution in [1.82, 2.24) is 15.2 Å². The second-order valence-electron chi connectivity index (χ2n) is 6.93. The first-order valence-corrected chi connectivity index (χ1v) is 7.97. The first kappa shape index (κ1) is 16.7. The second-order valence-corrected chi connectivity index (χ2v) is 6.93. The lowest BCUT2D eigenvalue weighted by Crippen LogP contribution is -2.44. The maximum absolute atomic E-state index is 12.2. The molecule has 1 N–H and O–H groups in total. The summed E-state index contributed by atoms with van der Waals surface area (Å²) >= 11 is 0. The van der Waals surface area contributed by atoms with Crippen LogP contribution in [0.15, 0.2) is 18.3 Å². The average molecular weight is 305 g/mol. The van der Waals surface area contributed by atoms with Gasteiger partial charge in [-0.05, 0) is 52.2 Å². The topological polar surface area (TPSA) is 54.5 Å². The highest BCUT2D eigenvalue weighted by Crippen LogP contribution is 2.20. The summed E-state index contributed by atoms with van der Waals surface area (Å²) in [6.07, 6.45) is 3.73. The summed E-state index contributed by atoms with van der Waals surface area (Å²) in [5, 5.41) is 3.40. The van der Waals surface area contributed by atoms with Crippen LogP contribution in [0, 0.1) is 6.92 Å². The minimum absolute atomic E-state index is 0.203. The highest BCUT2D eigenvalue weighted by atomic mass is 16.6. The van der Waals surface area contributed by atoms with Crippen molar-refractivity contribution in [2.24, 2.45) is 0 Å². The molecule has 1 aromatic heterocycles. The molecular formula is C17H27N3O2. The zero-order valence-electron chi connectivity index (χ0n) is 14.1. The van der Waals surface area contributed by atoms with E-state index in [1.54, 1.807) is 0 Å². The molecule has 1 atom stereocenters. The van der Waals surface area contributed by atoms with Crippen LogP contribution in [0.4, 0.5) is 4.79 Å². The predicted octanol–water partition coefficient (Wildman–Crippen LogP) is 2.88. The fourth-order valence-electron chi connectivity index (χ4n) is 2.58. The van der Waals surface area contributed by atoms with E-state index in [0.29, 0.717) is 0 Å². The summed E-state index contributed by atoms with van der Waals surface area (Å²) in [7, 11) is 0. The van der Waals surface area contributed by atoms with Crippen molar-refractivity contribution in [3.8, 4) is 0 Å². The highest BCUT2D eigenvalue weighted by molar-refractivity contribution is 5.69. The first-order valence-electron chi connectivity index (χ1n) is 7.97. The molecule has 0 radical (unpaired) electrons. The van der Waals surface area contributed by atoms with Crippen molar-refractivity contribution in [2.45, 2.75) is 58.7 Å². The number of hydrogen-bond acceptors (Lipinski definition) is 4. The molecule has 1 unspecified atom stereocenters. The summed E-state index contributed by atoms with van der Waals surface area (Å²) in [6, 6.07) is 4.30. The van der Waals surface area contributed by atoms with Gasteiger partial charge in [-0.25, -0.2) is 4.79 Å². The molecule has 0 bridgehead atoms. The minimum atomic E-state index is -0.441. The molecule has 2 rings (SSSR count). The van der Waals surface area contributed by atoms with Crippen molar-refractivity contribution >= 4 is 6.09 Å². The molecule has 2 heterocycles. The molecule has 22 heavy (non-hydrogen) atoms. The van der Waals surface area contributed by atoms with Crippen LogP contribution in [-0.2, 0) is 11.3 Å². The number of aryl methyl sites for hydroxylation is 1. The maximum Gasteiger partial charge on any atom is 0.410 e. The lowest BCUT2D eigenvalue weighted by atomic mass is 10.2. The molecule has 0 aromatic carbocycles. The van der Waals surface area contributed by atoms with Crippen LogP contribution < -0.4 is 5.32 Å². The molecular weight excluding hydrogens is 278 g/mol. The van der Waals surface area contributed by atoms with Gasteiger partial charge < -0.3 is 15.0 Å². The minimum Gasteiger partial charge on any atom is -0.444 e. The molecule has 1 amide bonds. The number of nitrogens with zero attached hydrogens (tertiary/aromatic N) is 2. The molecule has 122 valence electrons. The number of carbonyl (C=O) groups is 1. The molecule has 5 nitrogen and oxygen atoms in total. The van der Waals surface area contributed by atoms with Crippen LogP contribution in [0.1, 0.15) is 44.9 Å². The van der Waals surface area contributed by atoms with Crippen LogP contribution in [0.25, 0.3) is 0 Å². The Morgan fingerprint density at radius 2 is 2.23 bits per heavy atom. The summed E-state index contributed by atoms with van der Waals surface area (Å²) in [5.41, 5.74) is 1.74. The van der Waals surface area contributed by atoms with Gasteiger partial charge in [0.2, 0.25) is 0 Å². The molecule has 0 spiro atoms. The van der Waals surface area contributed by atoms with Gasteiger partial charge in [-0.3, -0.25) is 4.98 Å². The summed E-state index contributed by atoms with van der Waals surface area (Å²) in [5.74, 6) is 0. The smallest absolute Gasteiger partial charge is 0.410 e. The van der Waals surface area contributed by atoms with E-state index in [4.69, 9.17) is 4.74 Å². The first-order chi connectivity index (χ1) is 10.3. The third-order valence-corrected chi connectivity index (χ3v) is 3.66. The van der Waals surface area contributed by atoms with E-state index in [2.05, 4.69) is 16.4 Å². The zero-order chi connectivity index (χ0) is 16.2. The summed E-state index contributed by atoms with van der Waals surface area (Å²) in [6.45, 7) is 10.0. The Hall–Kier alpha value is -1.62. The number of pyridine rings is 1. The monoisotopic (exact) mass is 305 g/mol. The van der Waals surface area contributed by atoms with Crippen LogP contribution >= 0.6 is 0 Å². The van der Waals surface area contributed by atoms with Gasteiger partial charge in [-0.15, -0.1) is 0 Å². The number of likely N-dealkylation sites (tertiary alicyclic amines) is 1. The van der Waals surface area contributed by atoms with Gasteiger partial charge in [0.1, 0.15) is 5.60 Å². The molecule has 1 aliphatic rings. The molecule has 1 aliphatic heterocycles. The number of hydrogen-bond donors (Lipinski definition) is 1. The van der Waals surface area contributed by atoms with E-state index in [9.17, 15) is 4.79 Å². The van der Waals surface area contributed by atoms with Gasteiger partial charge in [-0.2, -0.15) is 0 Å². The van der Waals surface area contributed by atoms with Crippen LogP contribution in [0.3, 0.4) is 0 Å². The molecule has 1 fully saturated rings. The average Bonchev–Trinajstić information content (AvgIpc) is 2.88. The van der Waals surface area contributed by atoms with Crippen molar-refractivity contribution in [1.29, 1.82) is 0 Å². The quantitative estimate of drug-likeness (QED) is 0.929. The fourth-order valence-corrected chi connectivity index (χ4v) is 2.58. The van der Waals surface area contributed by atoms with Gasteiger partial charge in [0.15, 0.2) is 0 Å². The van der Waals surface area contributed by atoms with E-state index in [1.165, 1.54) is 0 Å². The SMILES string of the molecule is Cc1ccc(CNCC2CCCN2C(=O)OC(C)(C)C)nc1. The van der Waals surface area contributed by atoms with Gasteiger partial charge in [-0.1, -0.05) is 6.07 Å². The van der Waals surface area contributed by atoms with Crippen LogP contribution in [-0.4, -0.2) is 40.7 Å². The van der Waals surface area contributed by atoms with Gasteiger partial charge in [0.25, 0.3) is 0 Å². The van der Waals surface area contributed by atoms with E-state index in [0.717, 1.165) is 43.7 Å². The van der Waals surface area contributed by atoms with E-state index in [1.807, 2.05) is 44.9 Å². The maximum atomic E-state index is 12.2. The third kappa shape index (κ3) is 4.98. The van der Waals surface area contributed by atoms with Crippen molar-refractivity contribution < 1.29 is 9.53 Å². The number of aromatic nitrogens is 1. The zero-order valence-corrected chi connectivity index (χ0v) is 14.1. The van der Waals surface area contributed by atoms with Crippen LogP contribution in [0.2, 0.25) is 0 Å². The lowest BCUT2D eigenvalue weighted by molar-refractivity contribution is 0.0226. The molecule has 0 aliphatic carbocycles. The van der Waals surface area contributed by atoms with Crippen molar-refractivity contribution in [3.05, 3.63) is 29.6 Å². The Morgan fingerprint density at radius 3 is 2.86 bits per heavy atom. The van der Waals surface area contributed by atoms with Crippen LogP contribution in [0.5, 0.6) is 0 Å². The lowest BCUT2D eigenvalue weighted by Gasteiger charge is -2.28. The molecule has 5 heteroatoms. The van der Waals surface area contributed by atoms with Crippen molar-refractivity contribution in [2.75, 3.05) is 13.1 Å². The Morgan fingerprint density at radius 1 is 1.45 bits per heavy atom. The fraction of sp³-hybridized carbons (Fsp3) is 0.647. The molecule has 1 aromatic rings. The predicted molar refractivity (Wildman–Crippen MR) is 86.6 cm³/mol. The van der Waals surface area contributed by atoms with Crippen molar-refractivity contribution in [3.63, 3.8) is 0 Å². The Labute approximate surface area is 133 Å². The molecule has 0 saturated carbocycles. The second kappa shape index (κ2) is 7.09. The Kier molecular flexibility index (Phi) is 5.40. The standard InChI is InChI=1S/C17H27N3O2/c1-13-7-8-14(19-10-13)11-18-12-15-6-5-9-20(15)16(21)22-17(2,3)4/h7-8,10,15,18H,5-6,9,11-12H2,1-4H3. The van der Waals surface area contributed by atoms with Gasteiger partial charge in [0, 0.05) is 31.9 Å². The van der Waals surface area contributed by atoms with E-state index in [-0.39, 0.29) is 12.1 Å².